The van der Waals surface area contributed by atoms with Gasteiger partial charge >= 0.3 is 0 Å². The number of nitrogens with one attached hydrogen (secondary N) is 1. The first-order valence-corrected chi connectivity index (χ1v) is 8.18. The van der Waals surface area contributed by atoms with Gasteiger partial charge in [-0.05, 0) is 44.0 Å². The number of Topliss-reactive ketones (excluding diaryl/α,β-unsaturated/α-hetero) is 1. The number of rotatable bonds is 8. The summed E-state index contributed by atoms with van der Waals surface area (Å²) in [5.74, 6) is 0.587. The highest BCUT2D eigenvalue weighted by molar-refractivity contribution is 5.94. The summed E-state index contributed by atoms with van der Waals surface area (Å²) < 4.78 is 5.58. The Morgan fingerprint density at radius 1 is 1.21 bits per heavy atom. The number of aryl methyl sites for hydroxylation is 1. The lowest BCUT2D eigenvalue weighted by Gasteiger charge is -2.19. The van der Waals surface area contributed by atoms with Crippen molar-refractivity contribution < 1.29 is 14.6 Å². The molecule has 2 atom stereocenters. The monoisotopic (exact) mass is 327 g/mol. The van der Waals surface area contributed by atoms with Gasteiger partial charge in [0.15, 0.2) is 5.78 Å². The topological polar surface area (TPSA) is 58.6 Å². The fourth-order valence-corrected chi connectivity index (χ4v) is 2.55. The van der Waals surface area contributed by atoms with Crippen molar-refractivity contribution >= 4 is 5.78 Å². The molecule has 0 fully saturated rings. The van der Waals surface area contributed by atoms with Crippen LogP contribution in [0.2, 0.25) is 0 Å². The molecule has 2 aromatic carbocycles. The standard InChI is InChI=1S/C20H25NO3/c1-14-7-4-5-10-20(14)15(2)21-12-18(23)13-24-19-9-6-8-17(11-19)16(3)22/h4-11,15,18,21,23H,12-13H2,1-3H3. The fraction of sp³-hybridized carbons (Fsp3) is 0.350. The van der Waals surface area contributed by atoms with Crippen LogP contribution < -0.4 is 10.1 Å². The molecular formula is C20H25NO3. The molecule has 24 heavy (non-hydrogen) atoms. The number of benzene rings is 2. The molecule has 0 aliphatic carbocycles. The van der Waals surface area contributed by atoms with Crippen molar-refractivity contribution in [3.8, 4) is 5.75 Å². The number of hydrogen-bond acceptors (Lipinski definition) is 4. The number of carbonyl (C=O) groups excluding carboxylic acids is 1. The molecule has 4 nitrogen and oxygen atoms in total. The van der Waals surface area contributed by atoms with E-state index in [0.29, 0.717) is 17.9 Å². The molecule has 4 heteroatoms. The van der Waals surface area contributed by atoms with Gasteiger partial charge in [0, 0.05) is 18.2 Å². The Hall–Kier alpha value is -2.17. The zero-order valence-corrected chi connectivity index (χ0v) is 14.5. The largest absolute Gasteiger partial charge is 0.491 e. The third-order valence-electron chi connectivity index (χ3n) is 4.00. The summed E-state index contributed by atoms with van der Waals surface area (Å²) in [5, 5.41) is 13.4. The maximum Gasteiger partial charge on any atom is 0.159 e. The van der Waals surface area contributed by atoms with Crippen LogP contribution in [0.1, 0.15) is 41.4 Å². The molecule has 0 radical (unpaired) electrons. The number of aliphatic hydroxyl groups is 1. The number of hydrogen-bond donors (Lipinski definition) is 2. The van der Waals surface area contributed by atoms with E-state index in [0.717, 1.165) is 0 Å². The van der Waals surface area contributed by atoms with Crippen LogP contribution in [0.4, 0.5) is 0 Å². The van der Waals surface area contributed by atoms with Crippen molar-refractivity contribution in [2.75, 3.05) is 13.2 Å². The van der Waals surface area contributed by atoms with Gasteiger partial charge in [0.25, 0.3) is 0 Å². The lowest BCUT2D eigenvalue weighted by atomic mass is 10.0. The fourth-order valence-electron chi connectivity index (χ4n) is 2.55. The normalized spacial score (nSPS) is 13.3. The predicted molar refractivity (Wildman–Crippen MR) is 95.5 cm³/mol. The Morgan fingerprint density at radius 3 is 2.67 bits per heavy atom. The van der Waals surface area contributed by atoms with E-state index in [2.05, 4.69) is 31.3 Å². The van der Waals surface area contributed by atoms with Crippen LogP contribution in [0, 0.1) is 6.92 Å². The highest BCUT2D eigenvalue weighted by atomic mass is 16.5. The van der Waals surface area contributed by atoms with Crippen LogP contribution in [-0.2, 0) is 0 Å². The van der Waals surface area contributed by atoms with E-state index < -0.39 is 6.10 Å². The van der Waals surface area contributed by atoms with E-state index in [9.17, 15) is 9.90 Å². The second kappa shape index (κ2) is 8.62. The summed E-state index contributed by atoms with van der Waals surface area (Å²) in [5.41, 5.74) is 3.05. The van der Waals surface area contributed by atoms with Gasteiger partial charge in [-0.15, -0.1) is 0 Å². The molecule has 0 bridgehead atoms. The Kier molecular flexibility index (Phi) is 6.53. The Labute approximate surface area is 143 Å². The van der Waals surface area contributed by atoms with Gasteiger partial charge in [-0.2, -0.15) is 0 Å². The van der Waals surface area contributed by atoms with E-state index >= 15 is 0 Å². The van der Waals surface area contributed by atoms with Gasteiger partial charge in [-0.3, -0.25) is 4.79 Å². The molecule has 2 unspecified atom stereocenters. The van der Waals surface area contributed by atoms with E-state index in [-0.39, 0.29) is 18.4 Å². The molecule has 0 amide bonds. The molecule has 0 aliphatic rings. The third kappa shape index (κ3) is 5.18. The molecule has 0 aromatic heterocycles. The average molecular weight is 327 g/mol. The number of ketones is 1. The SMILES string of the molecule is CC(=O)c1cccc(OCC(O)CNC(C)c2ccccc2C)c1. The summed E-state index contributed by atoms with van der Waals surface area (Å²) in [6.45, 7) is 6.28. The van der Waals surface area contributed by atoms with Crippen LogP contribution in [-0.4, -0.2) is 30.1 Å². The minimum atomic E-state index is -0.627. The molecule has 2 rings (SSSR count). The molecule has 0 saturated carbocycles. The van der Waals surface area contributed by atoms with Crippen LogP contribution in [0.3, 0.4) is 0 Å². The third-order valence-corrected chi connectivity index (χ3v) is 4.00. The lowest BCUT2D eigenvalue weighted by Crippen LogP contribution is -2.33. The van der Waals surface area contributed by atoms with Gasteiger partial charge in [0.05, 0.1) is 0 Å². The minimum absolute atomic E-state index is 0.00489. The molecule has 2 N–H and O–H groups in total. The van der Waals surface area contributed by atoms with Gasteiger partial charge in [0.2, 0.25) is 0 Å². The molecule has 0 saturated heterocycles. The van der Waals surface area contributed by atoms with Gasteiger partial charge in [-0.1, -0.05) is 36.4 Å². The van der Waals surface area contributed by atoms with Crippen LogP contribution in [0.15, 0.2) is 48.5 Å². The molecule has 128 valence electrons. The molecule has 2 aromatic rings. The number of carbonyl (C=O) groups is 1. The van der Waals surface area contributed by atoms with Crippen molar-refractivity contribution in [1.29, 1.82) is 0 Å². The second-order valence-corrected chi connectivity index (χ2v) is 6.04. The molecule has 0 spiro atoms. The van der Waals surface area contributed by atoms with Crippen LogP contribution in [0.25, 0.3) is 0 Å². The van der Waals surface area contributed by atoms with Crippen LogP contribution in [0.5, 0.6) is 5.75 Å². The number of aliphatic hydroxyl groups excluding tert-OH is 1. The Bertz CT molecular complexity index is 684. The predicted octanol–water partition coefficient (Wildman–Crippen LogP) is 3.29. The first kappa shape index (κ1) is 18.2. The Balaban J connectivity index is 1.81. The zero-order valence-electron chi connectivity index (χ0n) is 14.5. The van der Waals surface area contributed by atoms with Crippen molar-refractivity contribution in [3.63, 3.8) is 0 Å². The lowest BCUT2D eigenvalue weighted by molar-refractivity contribution is 0.101. The van der Waals surface area contributed by atoms with Crippen molar-refractivity contribution in [2.24, 2.45) is 0 Å². The van der Waals surface area contributed by atoms with Crippen LogP contribution >= 0.6 is 0 Å². The molecule has 0 aliphatic heterocycles. The van der Waals surface area contributed by atoms with E-state index in [4.69, 9.17) is 4.74 Å². The molecule has 0 heterocycles. The summed E-state index contributed by atoms with van der Waals surface area (Å²) in [7, 11) is 0. The van der Waals surface area contributed by atoms with Crippen molar-refractivity contribution in [3.05, 3.63) is 65.2 Å². The smallest absolute Gasteiger partial charge is 0.159 e. The first-order valence-electron chi connectivity index (χ1n) is 8.18. The highest BCUT2D eigenvalue weighted by Crippen LogP contribution is 2.17. The highest BCUT2D eigenvalue weighted by Gasteiger charge is 2.11. The quantitative estimate of drug-likeness (QED) is 0.731. The molecular weight excluding hydrogens is 302 g/mol. The maximum absolute atomic E-state index is 11.4. The summed E-state index contributed by atoms with van der Waals surface area (Å²) in [4.78, 5) is 11.4. The van der Waals surface area contributed by atoms with Gasteiger partial charge in [-0.25, -0.2) is 0 Å². The summed E-state index contributed by atoms with van der Waals surface area (Å²) in [6.07, 6.45) is -0.627. The van der Waals surface area contributed by atoms with E-state index in [1.807, 2.05) is 12.1 Å². The summed E-state index contributed by atoms with van der Waals surface area (Å²) in [6, 6.07) is 15.3. The minimum Gasteiger partial charge on any atom is -0.491 e. The zero-order chi connectivity index (χ0) is 17.5. The van der Waals surface area contributed by atoms with Gasteiger partial charge in [0.1, 0.15) is 18.5 Å². The second-order valence-electron chi connectivity index (χ2n) is 6.04. The van der Waals surface area contributed by atoms with Crippen molar-refractivity contribution in [2.45, 2.75) is 32.9 Å². The van der Waals surface area contributed by atoms with Gasteiger partial charge < -0.3 is 15.2 Å². The summed E-state index contributed by atoms with van der Waals surface area (Å²) >= 11 is 0. The van der Waals surface area contributed by atoms with Crippen molar-refractivity contribution in [1.82, 2.24) is 5.32 Å². The average Bonchev–Trinajstić information content (AvgIpc) is 2.58. The van der Waals surface area contributed by atoms with E-state index in [1.165, 1.54) is 18.1 Å². The maximum atomic E-state index is 11.4. The van der Waals surface area contributed by atoms with E-state index in [1.54, 1.807) is 24.3 Å². The Morgan fingerprint density at radius 2 is 1.96 bits per heavy atom. The number of ether oxygens (including phenoxy) is 1. The first-order chi connectivity index (χ1) is 11.5.